The van der Waals surface area contributed by atoms with Gasteiger partial charge < -0.3 is 24.7 Å². The number of aromatic hydroxyl groups is 1. The summed E-state index contributed by atoms with van der Waals surface area (Å²) in [6.07, 6.45) is 10.6. The van der Waals surface area contributed by atoms with Gasteiger partial charge in [0.15, 0.2) is 0 Å². The van der Waals surface area contributed by atoms with Crippen LogP contribution < -0.4 is 21.1 Å². The second-order valence-electron chi connectivity index (χ2n) is 10.5. The number of hydrogen-bond donors (Lipinski definition) is 4. The Bertz CT molecular complexity index is 2180. The van der Waals surface area contributed by atoms with Crippen molar-refractivity contribution >= 4 is 58.0 Å². The van der Waals surface area contributed by atoms with Crippen molar-refractivity contribution in [1.82, 2.24) is 38.7 Å². The zero-order valence-corrected chi connectivity index (χ0v) is 25.5. The summed E-state index contributed by atoms with van der Waals surface area (Å²) in [6, 6.07) is 9.22. The summed E-state index contributed by atoms with van der Waals surface area (Å²) in [6.45, 7) is 0.181. The van der Waals surface area contributed by atoms with E-state index in [-0.39, 0.29) is 66.3 Å². The van der Waals surface area contributed by atoms with Crippen LogP contribution in [0.25, 0.3) is 22.1 Å². The molecule has 2 aromatic carbocycles. The maximum absolute atomic E-state index is 12.9. The molecule has 48 heavy (non-hydrogen) atoms. The first-order valence-electron chi connectivity index (χ1n) is 14.5. The highest BCUT2D eigenvalue weighted by molar-refractivity contribution is 6.00. The number of carbonyl (C=O) groups excluding carboxylic acids is 4. The van der Waals surface area contributed by atoms with Crippen LogP contribution in [0.3, 0.4) is 0 Å². The molecule has 17 nitrogen and oxygen atoms in total. The normalized spacial score (nSPS) is 11.4. The molecule has 6 rings (SSSR count). The number of fused-ring (bicyclic) bond motifs is 2. The maximum Gasteiger partial charge on any atom is 0.248 e. The van der Waals surface area contributed by atoms with E-state index < -0.39 is 11.8 Å². The number of nitrogens with one attached hydrogen (secondary N) is 2. The summed E-state index contributed by atoms with van der Waals surface area (Å²) in [5.74, 6) is -1.09. The molecule has 0 aliphatic rings. The monoisotopic (exact) mass is 651 g/mol. The number of primary amides is 1. The quantitative estimate of drug-likeness (QED) is 0.105. The third kappa shape index (κ3) is 6.45. The van der Waals surface area contributed by atoms with E-state index in [0.29, 0.717) is 28.6 Å². The zero-order valence-electron chi connectivity index (χ0n) is 25.5. The summed E-state index contributed by atoms with van der Waals surface area (Å²) in [5, 5.41) is 24.5. The summed E-state index contributed by atoms with van der Waals surface area (Å²) >= 11 is 0. The molecule has 4 heterocycles. The minimum absolute atomic E-state index is 0.0493. The van der Waals surface area contributed by atoms with Gasteiger partial charge in [-0.25, -0.2) is 9.97 Å². The largest absolute Gasteiger partial charge is 0.506 e. The average Bonchev–Trinajstić information content (AvgIpc) is 3.87. The third-order valence-corrected chi connectivity index (χ3v) is 7.27. The van der Waals surface area contributed by atoms with E-state index in [9.17, 15) is 24.3 Å². The van der Waals surface area contributed by atoms with Crippen molar-refractivity contribution in [2.24, 2.45) is 5.73 Å². The van der Waals surface area contributed by atoms with Gasteiger partial charge in [-0.3, -0.25) is 39.2 Å². The number of nitrogens with two attached hydrogens (primary N) is 1. The van der Waals surface area contributed by atoms with Gasteiger partial charge in [0.2, 0.25) is 29.6 Å². The van der Waals surface area contributed by atoms with Crippen molar-refractivity contribution in [3.8, 4) is 11.5 Å². The summed E-state index contributed by atoms with van der Waals surface area (Å²) < 4.78 is 11.8. The van der Waals surface area contributed by atoms with E-state index in [1.165, 1.54) is 28.6 Å². The minimum Gasteiger partial charge on any atom is -0.506 e. The van der Waals surface area contributed by atoms with Crippen LogP contribution >= 0.6 is 0 Å². The van der Waals surface area contributed by atoms with Gasteiger partial charge in [0.1, 0.15) is 41.9 Å². The van der Waals surface area contributed by atoms with Crippen molar-refractivity contribution < 1.29 is 29.0 Å². The summed E-state index contributed by atoms with van der Waals surface area (Å²) in [7, 11) is 1.47. The van der Waals surface area contributed by atoms with Gasteiger partial charge in [-0.15, -0.1) is 0 Å². The predicted molar refractivity (Wildman–Crippen MR) is 172 cm³/mol. The first-order chi connectivity index (χ1) is 23.2. The molecule has 0 aliphatic heterocycles. The van der Waals surface area contributed by atoms with E-state index in [1.54, 1.807) is 70.3 Å². The Labute approximate surface area is 271 Å². The Morgan fingerprint density at radius 2 is 1.42 bits per heavy atom. The molecule has 0 radical (unpaired) electrons. The number of imidazole rings is 2. The Kier molecular flexibility index (Phi) is 8.64. The molecular weight excluding hydrogens is 622 g/mol. The Balaban J connectivity index is 1.32. The van der Waals surface area contributed by atoms with E-state index in [1.807, 2.05) is 0 Å². The van der Waals surface area contributed by atoms with Gasteiger partial charge >= 0.3 is 0 Å². The SMILES string of the molecule is COc1cc(C=O)cc2nc(NC(=O)Cn3cccn3)n(C/C=C/Cn3c(NC(=O)Cn4cccn4)nc4cc(C(N)=O)cc(O)c43)c12. The van der Waals surface area contributed by atoms with Gasteiger partial charge in [-0.1, -0.05) is 12.2 Å². The Morgan fingerprint density at radius 1 is 0.854 bits per heavy atom. The number of aldehydes is 1. The molecule has 5 N–H and O–H groups in total. The number of aromatic nitrogens is 8. The molecule has 0 bridgehead atoms. The molecule has 0 saturated heterocycles. The lowest BCUT2D eigenvalue weighted by Crippen LogP contribution is -2.21. The lowest BCUT2D eigenvalue weighted by atomic mass is 10.1. The first kappa shape index (κ1) is 31.2. The maximum atomic E-state index is 12.9. The molecule has 4 aromatic heterocycles. The highest BCUT2D eigenvalue weighted by atomic mass is 16.5. The minimum atomic E-state index is -0.748. The van der Waals surface area contributed by atoms with Crippen molar-refractivity contribution in [3.63, 3.8) is 0 Å². The molecule has 0 spiro atoms. The second-order valence-corrected chi connectivity index (χ2v) is 10.5. The molecule has 0 saturated carbocycles. The standard InChI is InChI=1S/C31H29N11O6/c1-48-24-13-19(18-43)12-21-28(24)42(31(35-21)38-26(46)17-40-9-5-7-34-40)11-3-2-10-41-27-22(14-20(29(32)47)15-23(27)44)36-30(41)37-25(45)16-39-8-4-6-33-39/h2-9,12-15,18,44H,10-11,16-17H2,1H3,(H2,32,47)(H,35,38,46)(H,36,37,45)/b3-2+. The van der Waals surface area contributed by atoms with Crippen LogP contribution in [-0.2, 0) is 35.8 Å². The van der Waals surface area contributed by atoms with Crippen LogP contribution in [0.1, 0.15) is 20.7 Å². The molecule has 17 heteroatoms. The highest BCUT2D eigenvalue weighted by Gasteiger charge is 2.20. The number of anilines is 2. The number of nitrogens with zero attached hydrogens (tertiary/aromatic N) is 8. The van der Waals surface area contributed by atoms with Crippen LogP contribution in [-0.4, -0.2) is 74.9 Å². The smallest absolute Gasteiger partial charge is 0.248 e. The van der Waals surface area contributed by atoms with Crippen molar-refractivity contribution in [3.05, 3.63) is 84.5 Å². The molecule has 6 aromatic rings. The van der Waals surface area contributed by atoms with E-state index in [2.05, 4.69) is 30.8 Å². The van der Waals surface area contributed by atoms with Gasteiger partial charge in [-0.05, 0) is 36.4 Å². The summed E-state index contributed by atoms with van der Waals surface area (Å²) in [4.78, 5) is 58.2. The van der Waals surface area contributed by atoms with Crippen LogP contribution in [0.4, 0.5) is 11.9 Å². The van der Waals surface area contributed by atoms with Crippen molar-refractivity contribution in [2.45, 2.75) is 26.2 Å². The number of benzene rings is 2. The highest BCUT2D eigenvalue weighted by Crippen LogP contribution is 2.32. The number of phenols is 1. The number of methoxy groups -OCH3 is 1. The summed E-state index contributed by atoms with van der Waals surface area (Å²) in [5.41, 5.74) is 7.31. The van der Waals surface area contributed by atoms with Crippen LogP contribution in [0, 0.1) is 0 Å². The van der Waals surface area contributed by atoms with Crippen LogP contribution in [0.5, 0.6) is 11.5 Å². The van der Waals surface area contributed by atoms with E-state index in [0.717, 1.165) is 0 Å². The number of rotatable bonds is 13. The number of carbonyl (C=O) groups is 4. The molecule has 0 fully saturated rings. The van der Waals surface area contributed by atoms with Crippen molar-refractivity contribution in [1.29, 1.82) is 0 Å². The van der Waals surface area contributed by atoms with Gasteiger partial charge in [0, 0.05) is 49.0 Å². The predicted octanol–water partition coefficient (Wildman–Crippen LogP) is 1.94. The number of phenolic OH excluding ortho intramolecular Hbond substituents is 1. The fourth-order valence-corrected chi connectivity index (χ4v) is 5.18. The van der Waals surface area contributed by atoms with Crippen LogP contribution in [0.2, 0.25) is 0 Å². The number of allylic oxidation sites excluding steroid dienone is 2. The van der Waals surface area contributed by atoms with Gasteiger partial charge in [0.05, 0.1) is 18.1 Å². The third-order valence-electron chi connectivity index (χ3n) is 7.27. The number of amides is 3. The van der Waals surface area contributed by atoms with E-state index in [4.69, 9.17) is 10.5 Å². The van der Waals surface area contributed by atoms with Crippen molar-refractivity contribution in [2.75, 3.05) is 17.7 Å². The molecule has 0 aliphatic carbocycles. The van der Waals surface area contributed by atoms with Gasteiger partial charge in [0.25, 0.3) is 0 Å². The Morgan fingerprint density at radius 3 is 1.92 bits per heavy atom. The lowest BCUT2D eigenvalue weighted by molar-refractivity contribution is -0.117. The van der Waals surface area contributed by atoms with Gasteiger partial charge in [-0.2, -0.15) is 10.2 Å². The number of hydrogen-bond acceptors (Lipinski definition) is 10. The lowest BCUT2D eigenvalue weighted by Gasteiger charge is -2.11. The molecule has 3 amide bonds. The molecule has 0 atom stereocenters. The molecule has 244 valence electrons. The first-order valence-corrected chi connectivity index (χ1v) is 14.5. The molecule has 0 unspecified atom stereocenters. The zero-order chi connectivity index (χ0) is 33.8. The average molecular weight is 652 g/mol. The van der Waals surface area contributed by atoms with Crippen LogP contribution in [0.15, 0.2) is 73.3 Å². The Hall–Kier alpha value is -6.78. The fraction of sp³-hybridized carbons (Fsp3) is 0.161. The number of ether oxygens (including phenoxy) is 1. The van der Waals surface area contributed by atoms with E-state index >= 15 is 0 Å². The fourth-order valence-electron chi connectivity index (χ4n) is 5.18. The second kappa shape index (κ2) is 13.3. The topological polar surface area (TPSA) is 219 Å². The molecular formula is C31H29N11O6.